The standard InChI is InChI=1S/C18H22N2O.ClH/c1-14-11-20(12-15-6-5-9-17(19)10-15)18(13-21-14)16-7-3-2-4-8-16;/h2-10,14,18H,11-13,19H2,1H3;1H. The molecule has 2 N–H and O–H groups in total. The number of nitrogens with two attached hydrogens (primary N) is 1. The highest BCUT2D eigenvalue weighted by Gasteiger charge is 2.27. The molecule has 2 unspecified atom stereocenters. The molecule has 2 atom stereocenters. The second kappa shape index (κ2) is 7.63. The van der Waals surface area contributed by atoms with Crippen molar-refractivity contribution in [2.24, 2.45) is 0 Å². The summed E-state index contributed by atoms with van der Waals surface area (Å²) in [5, 5.41) is 0. The van der Waals surface area contributed by atoms with Gasteiger partial charge in [-0.2, -0.15) is 0 Å². The first kappa shape index (κ1) is 16.8. The third-order valence-corrected chi connectivity index (χ3v) is 3.99. The lowest BCUT2D eigenvalue weighted by molar-refractivity contribution is -0.0597. The third-order valence-electron chi connectivity index (χ3n) is 3.99. The van der Waals surface area contributed by atoms with Crippen LogP contribution in [0.4, 0.5) is 5.69 Å². The molecular formula is C18H23ClN2O. The highest BCUT2D eigenvalue weighted by Crippen LogP contribution is 2.28. The van der Waals surface area contributed by atoms with Gasteiger partial charge in [-0.15, -0.1) is 12.4 Å². The van der Waals surface area contributed by atoms with E-state index in [4.69, 9.17) is 10.5 Å². The van der Waals surface area contributed by atoms with Crippen molar-refractivity contribution < 1.29 is 4.74 Å². The van der Waals surface area contributed by atoms with Gasteiger partial charge in [-0.3, -0.25) is 4.90 Å². The average Bonchev–Trinajstić information content (AvgIpc) is 2.48. The van der Waals surface area contributed by atoms with E-state index in [1.807, 2.05) is 12.1 Å². The quantitative estimate of drug-likeness (QED) is 0.878. The molecular weight excluding hydrogens is 296 g/mol. The molecule has 1 aliphatic heterocycles. The maximum absolute atomic E-state index is 5.89. The molecule has 4 heteroatoms. The molecule has 118 valence electrons. The normalized spacial score (nSPS) is 22.0. The number of nitrogen functional groups attached to an aromatic ring is 1. The molecule has 1 saturated heterocycles. The van der Waals surface area contributed by atoms with Crippen molar-refractivity contribution in [1.82, 2.24) is 4.90 Å². The zero-order valence-corrected chi connectivity index (χ0v) is 13.6. The molecule has 0 spiro atoms. The Kier molecular flexibility index (Phi) is 5.83. The van der Waals surface area contributed by atoms with E-state index in [2.05, 4.69) is 54.3 Å². The molecule has 3 rings (SSSR count). The Bertz CT molecular complexity index is 591. The Morgan fingerprint density at radius 3 is 2.64 bits per heavy atom. The van der Waals surface area contributed by atoms with Gasteiger partial charge in [0.25, 0.3) is 0 Å². The molecule has 0 saturated carbocycles. The molecule has 3 nitrogen and oxygen atoms in total. The van der Waals surface area contributed by atoms with E-state index in [1.165, 1.54) is 11.1 Å². The summed E-state index contributed by atoms with van der Waals surface area (Å²) in [6, 6.07) is 19.0. The molecule has 2 aromatic rings. The van der Waals surface area contributed by atoms with Crippen LogP contribution in [0.5, 0.6) is 0 Å². The van der Waals surface area contributed by atoms with Crippen molar-refractivity contribution in [3.8, 4) is 0 Å². The Labute approximate surface area is 138 Å². The fraction of sp³-hybridized carbons (Fsp3) is 0.333. The fourth-order valence-electron chi connectivity index (χ4n) is 2.95. The van der Waals surface area contributed by atoms with Crippen LogP contribution in [0.25, 0.3) is 0 Å². The first-order valence-electron chi connectivity index (χ1n) is 7.47. The van der Waals surface area contributed by atoms with E-state index in [0.29, 0.717) is 6.04 Å². The summed E-state index contributed by atoms with van der Waals surface area (Å²) in [4.78, 5) is 2.48. The number of nitrogens with zero attached hydrogens (tertiary/aromatic N) is 1. The van der Waals surface area contributed by atoms with Crippen LogP contribution in [0.3, 0.4) is 0 Å². The molecule has 0 aliphatic carbocycles. The van der Waals surface area contributed by atoms with Crippen LogP contribution in [0.2, 0.25) is 0 Å². The summed E-state index contributed by atoms with van der Waals surface area (Å²) in [5.41, 5.74) is 9.29. The lowest BCUT2D eigenvalue weighted by Crippen LogP contribution is -2.43. The van der Waals surface area contributed by atoms with Crippen LogP contribution in [-0.4, -0.2) is 24.2 Å². The Morgan fingerprint density at radius 1 is 1.14 bits per heavy atom. The van der Waals surface area contributed by atoms with Gasteiger partial charge < -0.3 is 10.5 Å². The fourth-order valence-corrected chi connectivity index (χ4v) is 2.95. The predicted octanol–water partition coefficient (Wildman–Crippen LogP) is 3.65. The highest BCUT2D eigenvalue weighted by atomic mass is 35.5. The van der Waals surface area contributed by atoms with E-state index >= 15 is 0 Å². The summed E-state index contributed by atoms with van der Waals surface area (Å²) < 4.78 is 5.87. The second-order valence-electron chi connectivity index (χ2n) is 5.74. The van der Waals surface area contributed by atoms with Crippen molar-refractivity contribution in [2.75, 3.05) is 18.9 Å². The summed E-state index contributed by atoms with van der Waals surface area (Å²) in [7, 11) is 0. The van der Waals surface area contributed by atoms with Crippen LogP contribution in [0.1, 0.15) is 24.1 Å². The zero-order valence-electron chi connectivity index (χ0n) is 12.8. The number of morpholine rings is 1. The van der Waals surface area contributed by atoms with E-state index in [9.17, 15) is 0 Å². The second-order valence-corrected chi connectivity index (χ2v) is 5.74. The molecule has 2 aromatic carbocycles. The third kappa shape index (κ3) is 4.01. The van der Waals surface area contributed by atoms with Gasteiger partial charge in [0.1, 0.15) is 0 Å². The highest BCUT2D eigenvalue weighted by molar-refractivity contribution is 5.85. The number of rotatable bonds is 3. The SMILES string of the molecule is CC1CN(Cc2cccc(N)c2)C(c2ccccc2)CO1.Cl. The maximum atomic E-state index is 5.89. The van der Waals surface area contributed by atoms with E-state index in [1.54, 1.807) is 0 Å². The van der Waals surface area contributed by atoms with Gasteiger partial charge in [-0.25, -0.2) is 0 Å². The molecule has 0 aromatic heterocycles. The summed E-state index contributed by atoms with van der Waals surface area (Å²) >= 11 is 0. The number of hydrogen-bond donors (Lipinski definition) is 1. The Balaban J connectivity index is 0.00000176. The van der Waals surface area contributed by atoms with Gasteiger partial charge in [-0.05, 0) is 30.2 Å². The van der Waals surface area contributed by atoms with Gasteiger partial charge in [0.05, 0.1) is 18.8 Å². The van der Waals surface area contributed by atoms with Crippen LogP contribution in [0.15, 0.2) is 54.6 Å². The molecule has 0 amide bonds. The maximum Gasteiger partial charge on any atom is 0.0675 e. The number of anilines is 1. The molecule has 1 aliphatic rings. The largest absolute Gasteiger partial charge is 0.399 e. The monoisotopic (exact) mass is 318 g/mol. The lowest BCUT2D eigenvalue weighted by atomic mass is 10.0. The minimum absolute atomic E-state index is 0. The average molecular weight is 319 g/mol. The molecule has 1 heterocycles. The number of benzene rings is 2. The van der Waals surface area contributed by atoms with Crippen molar-refractivity contribution in [1.29, 1.82) is 0 Å². The topological polar surface area (TPSA) is 38.5 Å². The van der Waals surface area contributed by atoms with E-state index in [0.717, 1.165) is 25.4 Å². The van der Waals surface area contributed by atoms with E-state index in [-0.39, 0.29) is 18.5 Å². The predicted molar refractivity (Wildman–Crippen MR) is 93.1 cm³/mol. The van der Waals surface area contributed by atoms with Crippen LogP contribution in [-0.2, 0) is 11.3 Å². The summed E-state index contributed by atoms with van der Waals surface area (Å²) in [6.45, 7) is 4.72. The van der Waals surface area contributed by atoms with Crippen LogP contribution < -0.4 is 5.73 Å². The van der Waals surface area contributed by atoms with Gasteiger partial charge in [0.2, 0.25) is 0 Å². The first-order valence-corrected chi connectivity index (χ1v) is 7.47. The minimum atomic E-state index is 0. The van der Waals surface area contributed by atoms with Gasteiger partial charge >= 0.3 is 0 Å². The van der Waals surface area contributed by atoms with E-state index < -0.39 is 0 Å². The van der Waals surface area contributed by atoms with Crippen molar-refractivity contribution in [3.05, 3.63) is 65.7 Å². The van der Waals surface area contributed by atoms with Crippen LogP contribution >= 0.6 is 12.4 Å². The minimum Gasteiger partial charge on any atom is -0.399 e. The number of ether oxygens (including phenoxy) is 1. The molecule has 1 fully saturated rings. The van der Waals surface area contributed by atoms with Gasteiger partial charge in [0.15, 0.2) is 0 Å². The van der Waals surface area contributed by atoms with Crippen LogP contribution in [0, 0.1) is 0 Å². The van der Waals surface area contributed by atoms with Crippen molar-refractivity contribution in [3.63, 3.8) is 0 Å². The van der Waals surface area contributed by atoms with Crippen molar-refractivity contribution in [2.45, 2.75) is 25.6 Å². The molecule has 0 radical (unpaired) electrons. The Morgan fingerprint density at radius 2 is 1.91 bits per heavy atom. The summed E-state index contributed by atoms with van der Waals surface area (Å²) in [6.07, 6.45) is 0.269. The Hall–Kier alpha value is -1.55. The number of halogens is 1. The summed E-state index contributed by atoms with van der Waals surface area (Å²) in [5.74, 6) is 0. The number of hydrogen-bond acceptors (Lipinski definition) is 3. The van der Waals surface area contributed by atoms with Gasteiger partial charge in [0, 0.05) is 18.8 Å². The zero-order chi connectivity index (χ0) is 14.7. The first-order chi connectivity index (χ1) is 10.2. The smallest absolute Gasteiger partial charge is 0.0675 e. The van der Waals surface area contributed by atoms with Crippen molar-refractivity contribution >= 4 is 18.1 Å². The lowest BCUT2D eigenvalue weighted by Gasteiger charge is -2.39. The van der Waals surface area contributed by atoms with Gasteiger partial charge in [-0.1, -0.05) is 42.5 Å². The molecule has 22 heavy (non-hydrogen) atoms. The molecule has 0 bridgehead atoms.